The molecule has 0 fully saturated rings. The molecule has 0 bridgehead atoms. The Hall–Kier alpha value is -1.90. The van der Waals surface area contributed by atoms with Crippen LogP contribution < -0.4 is 0 Å². The molecule has 0 aromatic carbocycles. The van der Waals surface area contributed by atoms with Crippen molar-refractivity contribution < 1.29 is 8.78 Å². The molecule has 0 radical (unpaired) electrons. The lowest BCUT2D eigenvalue weighted by Crippen LogP contribution is -2.00. The summed E-state index contributed by atoms with van der Waals surface area (Å²) in [6.07, 6.45) is -1.30. The zero-order valence-corrected chi connectivity index (χ0v) is 11.4. The molecule has 0 atom stereocenters. The maximum absolute atomic E-state index is 12.7. The van der Waals surface area contributed by atoms with E-state index in [1.807, 2.05) is 13.8 Å². The van der Waals surface area contributed by atoms with Crippen LogP contribution in [0.25, 0.3) is 0 Å². The Kier molecular flexibility index (Phi) is 3.56. The van der Waals surface area contributed by atoms with Gasteiger partial charge in [-0.2, -0.15) is 20.0 Å². The zero-order valence-electron chi connectivity index (χ0n) is 10.6. The van der Waals surface area contributed by atoms with Gasteiger partial charge >= 0.3 is 0 Å². The molecule has 2 aromatic rings. The van der Waals surface area contributed by atoms with Crippen LogP contribution in [-0.4, -0.2) is 30.9 Å². The number of aromatic amines is 1. The van der Waals surface area contributed by atoms with Gasteiger partial charge in [-0.25, -0.2) is 13.9 Å². The maximum atomic E-state index is 12.7. The third-order valence-corrected chi connectivity index (χ3v) is 3.00. The Balaban J connectivity index is 2.43. The molecular formula is C10H12F2N6S. The Morgan fingerprint density at radius 2 is 2.11 bits per heavy atom. The van der Waals surface area contributed by atoms with Gasteiger partial charge < -0.3 is 0 Å². The number of aryl methyl sites for hydroxylation is 2. The number of halogens is 2. The number of alkyl halides is 2. The highest BCUT2D eigenvalue weighted by Crippen LogP contribution is 2.16. The van der Waals surface area contributed by atoms with Crippen molar-refractivity contribution in [1.29, 1.82) is 0 Å². The smallest absolute Gasteiger partial charge is 0.272 e. The number of hydrogen-bond acceptors (Lipinski definition) is 4. The first kappa shape index (κ1) is 13.5. The number of hydrogen-bond donors (Lipinski definition) is 1. The predicted octanol–water partition coefficient (Wildman–Crippen LogP) is 2.11. The Morgan fingerprint density at radius 1 is 1.42 bits per heavy atom. The molecule has 2 rings (SSSR count). The highest BCUT2D eigenvalue weighted by atomic mass is 32.1. The van der Waals surface area contributed by atoms with Gasteiger partial charge in [0.15, 0.2) is 0 Å². The number of nitrogens with one attached hydrogen (secondary N) is 1. The van der Waals surface area contributed by atoms with Gasteiger partial charge in [0.1, 0.15) is 0 Å². The monoisotopic (exact) mass is 286 g/mol. The van der Waals surface area contributed by atoms with E-state index in [0.29, 0.717) is 0 Å². The normalized spacial score (nSPS) is 11.9. The van der Waals surface area contributed by atoms with Gasteiger partial charge in [-0.15, -0.1) is 0 Å². The summed E-state index contributed by atoms with van der Waals surface area (Å²) in [4.78, 5) is 0. The van der Waals surface area contributed by atoms with E-state index in [1.54, 1.807) is 11.7 Å². The van der Waals surface area contributed by atoms with Crippen molar-refractivity contribution >= 4 is 18.4 Å². The van der Waals surface area contributed by atoms with Crippen molar-refractivity contribution in [2.24, 2.45) is 12.1 Å². The van der Waals surface area contributed by atoms with Gasteiger partial charge in [-0.05, 0) is 26.1 Å². The maximum Gasteiger partial charge on any atom is 0.299 e. The molecule has 0 unspecified atom stereocenters. The summed E-state index contributed by atoms with van der Waals surface area (Å²) in [5.74, 6) is -0.513. The van der Waals surface area contributed by atoms with E-state index < -0.39 is 12.2 Å². The minimum atomic E-state index is -2.75. The largest absolute Gasteiger partial charge is 0.299 e. The van der Waals surface area contributed by atoms with Gasteiger partial charge in [0.05, 0.1) is 11.9 Å². The van der Waals surface area contributed by atoms with Crippen molar-refractivity contribution in [3.8, 4) is 0 Å². The third kappa shape index (κ3) is 2.46. The van der Waals surface area contributed by atoms with Gasteiger partial charge in [0.2, 0.25) is 10.6 Å². The van der Waals surface area contributed by atoms with E-state index in [4.69, 9.17) is 12.2 Å². The lowest BCUT2D eigenvalue weighted by molar-refractivity contribution is 0.136. The second-order valence-electron chi connectivity index (χ2n) is 3.95. The summed E-state index contributed by atoms with van der Waals surface area (Å²) in [5, 5.41) is 13.9. The molecule has 6 nitrogen and oxygen atoms in total. The SMILES string of the molecule is Cc1nn(C)c(C)c1/C=N/n1c(C(F)F)n[nH]c1=S. The number of H-pyrrole nitrogens is 1. The van der Waals surface area contributed by atoms with Crippen LogP contribution in [-0.2, 0) is 7.05 Å². The first-order valence-corrected chi connectivity index (χ1v) is 5.82. The highest BCUT2D eigenvalue weighted by Gasteiger charge is 2.16. The van der Waals surface area contributed by atoms with E-state index in [1.165, 1.54) is 6.21 Å². The fourth-order valence-electron chi connectivity index (χ4n) is 1.65. The molecule has 0 amide bonds. The van der Waals surface area contributed by atoms with Gasteiger partial charge in [0.25, 0.3) is 6.43 Å². The third-order valence-electron chi connectivity index (χ3n) is 2.74. The average molecular weight is 286 g/mol. The van der Waals surface area contributed by atoms with E-state index in [-0.39, 0.29) is 4.77 Å². The molecule has 102 valence electrons. The van der Waals surface area contributed by atoms with Crippen molar-refractivity contribution in [2.75, 3.05) is 0 Å². The minimum absolute atomic E-state index is 0.0192. The first-order valence-electron chi connectivity index (χ1n) is 5.41. The van der Waals surface area contributed by atoms with Gasteiger partial charge in [0, 0.05) is 18.3 Å². The van der Waals surface area contributed by atoms with E-state index >= 15 is 0 Å². The molecule has 0 spiro atoms. The number of aromatic nitrogens is 5. The van der Waals surface area contributed by atoms with E-state index in [2.05, 4.69) is 20.4 Å². The van der Waals surface area contributed by atoms with Crippen LogP contribution in [0.5, 0.6) is 0 Å². The Labute approximate surface area is 112 Å². The molecular weight excluding hydrogens is 274 g/mol. The molecule has 0 aliphatic carbocycles. The van der Waals surface area contributed by atoms with E-state index in [9.17, 15) is 8.78 Å². The summed E-state index contributed by atoms with van der Waals surface area (Å²) in [5.41, 5.74) is 2.41. The van der Waals surface area contributed by atoms with Crippen LogP contribution in [0.3, 0.4) is 0 Å². The van der Waals surface area contributed by atoms with Gasteiger partial charge in [-0.1, -0.05) is 0 Å². The lowest BCUT2D eigenvalue weighted by Gasteiger charge is -1.98. The molecule has 19 heavy (non-hydrogen) atoms. The molecule has 0 aliphatic rings. The molecule has 9 heteroatoms. The quantitative estimate of drug-likeness (QED) is 0.694. The second-order valence-corrected chi connectivity index (χ2v) is 4.34. The van der Waals surface area contributed by atoms with Crippen LogP contribution in [0.15, 0.2) is 5.10 Å². The summed E-state index contributed by atoms with van der Waals surface area (Å²) < 4.78 is 28.0. The summed E-state index contributed by atoms with van der Waals surface area (Å²) >= 11 is 4.86. The average Bonchev–Trinajstić information content (AvgIpc) is 2.80. The summed E-state index contributed by atoms with van der Waals surface area (Å²) in [6, 6.07) is 0. The van der Waals surface area contributed by atoms with Crippen LogP contribution in [0, 0.1) is 18.6 Å². The highest BCUT2D eigenvalue weighted by molar-refractivity contribution is 7.71. The Bertz CT molecular complexity index is 681. The molecule has 1 N–H and O–H groups in total. The Morgan fingerprint density at radius 3 is 2.63 bits per heavy atom. The second kappa shape index (κ2) is 5.00. The number of nitrogens with zero attached hydrogens (tertiary/aromatic N) is 5. The van der Waals surface area contributed by atoms with E-state index in [0.717, 1.165) is 21.6 Å². The standard InChI is InChI=1S/C10H12F2N6S/c1-5-7(6(2)17(3)16-5)4-13-18-9(8(11)12)14-15-10(18)19/h4,8H,1-3H3,(H,15,19)/b13-4+. The van der Waals surface area contributed by atoms with Crippen LogP contribution in [0.4, 0.5) is 8.78 Å². The fraction of sp³-hybridized carbons (Fsp3) is 0.400. The van der Waals surface area contributed by atoms with Gasteiger partial charge in [-0.3, -0.25) is 4.68 Å². The summed E-state index contributed by atoms with van der Waals surface area (Å²) in [6.45, 7) is 3.68. The molecule has 0 saturated carbocycles. The summed E-state index contributed by atoms with van der Waals surface area (Å²) in [7, 11) is 1.80. The first-order chi connectivity index (χ1) is 8.91. The van der Waals surface area contributed by atoms with Crippen molar-refractivity contribution in [3.05, 3.63) is 27.5 Å². The lowest BCUT2D eigenvalue weighted by atomic mass is 10.2. The molecule has 2 aromatic heterocycles. The number of rotatable bonds is 3. The van der Waals surface area contributed by atoms with Crippen molar-refractivity contribution in [3.63, 3.8) is 0 Å². The zero-order chi connectivity index (χ0) is 14.2. The molecule has 2 heterocycles. The minimum Gasteiger partial charge on any atom is -0.272 e. The van der Waals surface area contributed by atoms with Crippen LogP contribution in [0.2, 0.25) is 0 Å². The topological polar surface area (TPSA) is 63.8 Å². The molecule has 0 saturated heterocycles. The van der Waals surface area contributed by atoms with Crippen LogP contribution in [0.1, 0.15) is 29.2 Å². The predicted molar refractivity (Wildman–Crippen MR) is 68.0 cm³/mol. The van der Waals surface area contributed by atoms with Crippen molar-refractivity contribution in [1.82, 2.24) is 24.7 Å². The van der Waals surface area contributed by atoms with Crippen molar-refractivity contribution in [2.45, 2.75) is 20.3 Å². The molecule has 0 aliphatic heterocycles. The fourth-order valence-corrected chi connectivity index (χ4v) is 1.84. The van der Waals surface area contributed by atoms with Crippen LogP contribution >= 0.6 is 12.2 Å².